The highest BCUT2D eigenvalue weighted by atomic mass is 16.5. The summed E-state index contributed by atoms with van der Waals surface area (Å²) in [5, 5.41) is 24.5. The second kappa shape index (κ2) is 6.21. The van der Waals surface area contributed by atoms with E-state index in [4.69, 9.17) is 9.15 Å². The number of rotatable bonds is 3. The molecule has 3 aliphatic carbocycles. The number of nitrogens with one attached hydrogen (secondary N) is 1. The van der Waals surface area contributed by atoms with Crippen LogP contribution in [0.5, 0.6) is 5.75 Å². The van der Waals surface area contributed by atoms with E-state index in [-0.39, 0.29) is 5.75 Å². The molecule has 6 nitrogen and oxygen atoms in total. The van der Waals surface area contributed by atoms with E-state index >= 15 is 0 Å². The third-order valence-corrected chi connectivity index (χ3v) is 6.73. The topological polar surface area (TPSA) is 80.4 Å². The van der Waals surface area contributed by atoms with Gasteiger partial charge in [0, 0.05) is 17.7 Å². The van der Waals surface area contributed by atoms with Gasteiger partial charge in [0.15, 0.2) is 5.82 Å². The second-order valence-electron chi connectivity index (χ2n) is 8.27. The van der Waals surface area contributed by atoms with Gasteiger partial charge in [-0.2, -0.15) is 0 Å². The molecule has 4 aliphatic rings. The van der Waals surface area contributed by atoms with Crippen molar-refractivity contribution in [2.75, 3.05) is 18.5 Å². The summed E-state index contributed by atoms with van der Waals surface area (Å²) in [6.07, 6.45) is 7.42. The van der Waals surface area contributed by atoms with Gasteiger partial charge in [-0.3, -0.25) is 0 Å². The summed E-state index contributed by atoms with van der Waals surface area (Å²) in [6, 6.07) is 5.92. The lowest BCUT2D eigenvalue weighted by Gasteiger charge is -2.40. The first-order valence-electron chi connectivity index (χ1n) is 10.2. The minimum Gasteiger partial charge on any atom is -0.506 e. The minimum absolute atomic E-state index is 0.231. The number of fused-ring (bicyclic) bond motifs is 3. The molecule has 1 aromatic carbocycles. The van der Waals surface area contributed by atoms with Crippen LogP contribution in [0.2, 0.25) is 0 Å². The zero-order valence-corrected chi connectivity index (χ0v) is 15.6. The number of phenols is 1. The number of nitrogens with zero attached hydrogens (tertiary/aromatic N) is 2. The summed E-state index contributed by atoms with van der Waals surface area (Å²) in [5.41, 5.74) is 4.88. The molecular weight excluding hydrogens is 354 g/mol. The van der Waals surface area contributed by atoms with Crippen LogP contribution in [-0.2, 0) is 4.74 Å². The van der Waals surface area contributed by atoms with Crippen molar-refractivity contribution in [3.63, 3.8) is 0 Å². The molecule has 28 heavy (non-hydrogen) atoms. The van der Waals surface area contributed by atoms with E-state index in [0.717, 1.165) is 42.1 Å². The summed E-state index contributed by atoms with van der Waals surface area (Å²) >= 11 is 0. The van der Waals surface area contributed by atoms with E-state index in [9.17, 15) is 5.11 Å². The Balaban J connectivity index is 1.53. The summed E-state index contributed by atoms with van der Waals surface area (Å²) < 4.78 is 11.0. The maximum absolute atomic E-state index is 10.9. The summed E-state index contributed by atoms with van der Waals surface area (Å²) in [7, 11) is 0. The molecule has 2 N–H and O–H groups in total. The smallest absolute Gasteiger partial charge is 0.152 e. The average Bonchev–Trinajstić information content (AvgIpc) is 3.42. The molecule has 1 saturated heterocycles. The monoisotopic (exact) mass is 377 g/mol. The van der Waals surface area contributed by atoms with Gasteiger partial charge in [-0.05, 0) is 67.7 Å². The Kier molecular flexibility index (Phi) is 3.63. The van der Waals surface area contributed by atoms with E-state index in [0.29, 0.717) is 23.5 Å². The molecule has 0 unspecified atom stereocenters. The molecule has 144 valence electrons. The van der Waals surface area contributed by atoms with E-state index in [2.05, 4.69) is 15.5 Å². The Hall–Kier alpha value is -2.60. The highest BCUT2D eigenvalue weighted by Crippen LogP contribution is 2.54. The normalized spacial score (nSPS) is 25.9. The van der Waals surface area contributed by atoms with Crippen LogP contribution in [0, 0.1) is 0 Å². The maximum Gasteiger partial charge on any atom is 0.152 e. The molecule has 0 amide bonds. The van der Waals surface area contributed by atoms with E-state index in [1.54, 1.807) is 12.3 Å². The Morgan fingerprint density at radius 1 is 0.964 bits per heavy atom. The second-order valence-corrected chi connectivity index (χ2v) is 8.27. The van der Waals surface area contributed by atoms with Gasteiger partial charge < -0.3 is 19.6 Å². The Bertz CT molecular complexity index is 1050. The van der Waals surface area contributed by atoms with Crippen LogP contribution in [0.25, 0.3) is 22.2 Å². The van der Waals surface area contributed by atoms with Crippen molar-refractivity contribution in [1.82, 2.24) is 10.2 Å². The number of benzene rings is 1. The molecule has 7 rings (SSSR count). The number of anilines is 1. The number of aromatic hydroxyl groups is 1. The van der Waals surface area contributed by atoms with Gasteiger partial charge in [0.2, 0.25) is 0 Å². The van der Waals surface area contributed by atoms with Gasteiger partial charge in [-0.25, -0.2) is 0 Å². The minimum atomic E-state index is 0.231. The number of ether oxygens (including phenoxy) is 1. The van der Waals surface area contributed by atoms with Gasteiger partial charge in [-0.15, -0.1) is 10.2 Å². The van der Waals surface area contributed by atoms with Crippen molar-refractivity contribution >= 4 is 16.8 Å². The van der Waals surface area contributed by atoms with Gasteiger partial charge in [-0.1, -0.05) is 0 Å². The van der Waals surface area contributed by atoms with Gasteiger partial charge >= 0.3 is 0 Å². The molecule has 1 saturated carbocycles. The quantitative estimate of drug-likeness (QED) is 0.697. The highest BCUT2D eigenvalue weighted by Gasteiger charge is 2.39. The van der Waals surface area contributed by atoms with E-state index in [1.165, 1.54) is 36.8 Å². The predicted molar refractivity (Wildman–Crippen MR) is 106 cm³/mol. The third-order valence-electron chi connectivity index (χ3n) is 6.73. The first-order chi connectivity index (χ1) is 13.8. The van der Waals surface area contributed by atoms with Crippen molar-refractivity contribution in [1.29, 1.82) is 0 Å². The number of hydrogen-bond donors (Lipinski definition) is 2. The SMILES string of the molecule is Oc1c(-c2nnc(N[C@@H]3CCOC3)c3c2C2CCC3CC2)ccc2occc12. The fourth-order valence-corrected chi connectivity index (χ4v) is 5.33. The average molecular weight is 377 g/mol. The number of aromatic nitrogens is 2. The first kappa shape index (κ1) is 16.4. The first-order valence-corrected chi connectivity index (χ1v) is 10.2. The summed E-state index contributed by atoms with van der Waals surface area (Å²) in [5.74, 6) is 2.17. The molecule has 0 radical (unpaired) electrons. The fraction of sp³-hybridized carbons (Fsp3) is 0.455. The number of furan rings is 1. The highest BCUT2D eigenvalue weighted by molar-refractivity contribution is 5.92. The molecule has 6 heteroatoms. The molecule has 0 spiro atoms. The Morgan fingerprint density at radius 2 is 1.79 bits per heavy atom. The van der Waals surface area contributed by atoms with Gasteiger partial charge in [0.1, 0.15) is 17.0 Å². The lowest BCUT2D eigenvalue weighted by atomic mass is 9.66. The van der Waals surface area contributed by atoms with Crippen LogP contribution in [0.3, 0.4) is 0 Å². The summed E-state index contributed by atoms with van der Waals surface area (Å²) in [6.45, 7) is 1.53. The van der Waals surface area contributed by atoms with Gasteiger partial charge in [0.25, 0.3) is 0 Å². The van der Waals surface area contributed by atoms with E-state index < -0.39 is 0 Å². The van der Waals surface area contributed by atoms with E-state index in [1.807, 2.05) is 12.1 Å². The van der Waals surface area contributed by atoms with Gasteiger partial charge in [0.05, 0.1) is 24.3 Å². The molecule has 3 aromatic rings. The van der Waals surface area contributed by atoms with Crippen LogP contribution in [0.1, 0.15) is 55.1 Å². The molecule has 1 aliphatic heterocycles. The predicted octanol–water partition coefficient (Wildman–Crippen LogP) is 4.55. The van der Waals surface area contributed by atoms with Crippen molar-refractivity contribution in [2.24, 2.45) is 0 Å². The van der Waals surface area contributed by atoms with Crippen molar-refractivity contribution in [3.8, 4) is 17.0 Å². The molecule has 3 heterocycles. The van der Waals surface area contributed by atoms with Crippen LogP contribution < -0.4 is 5.32 Å². The maximum atomic E-state index is 10.9. The lowest BCUT2D eigenvalue weighted by molar-refractivity contribution is 0.195. The summed E-state index contributed by atoms with van der Waals surface area (Å²) in [4.78, 5) is 0. The Morgan fingerprint density at radius 3 is 2.57 bits per heavy atom. The van der Waals surface area contributed by atoms with Crippen LogP contribution in [0.4, 0.5) is 5.82 Å². The number of hydrogen-bond acceptors (Lipinski definition) is 6. The van der Waals surface area contributed by atoms with Crippen molar-refractivity contribution < 1.29 is 14.3 Å². The van der Waals surface area contributed by atoms with Crippen molar-refractivity contribution in [3.05, 3.63) is 35.6 Å². The lowest BCUT2D eigenvalue weighted by Crippen LogP contribution is -2.28. The Labute approximate surface area is 162 Å². The zero-order valence-electron chi connectivity index (χ0n) is 15.6. The third kappa shape index (κ3) is 2.37. The van der Waals surface area contributed by atoms with Crippen LogP contribution in [0.15, 0.2) is 28.9 Å². The van der Waals surface area contributed by atoms with Crippen LogP contribution >= 0.6 is 0 Å². The number of phenolic OH excluding ortho intramolecular Hbond substituents is 1. The largest absolute Gasteiger partial charge is 0.506 e. The molecule has 2 aromatic heterocycles. The standard InChI is InChI=1S/C22H23N3O3/c26-21-15-8-10-28-17(15)6-5-16(21)20-18-12-1-3-13(4-2-12)19(18)22(25-24-20)23-14-7-9-27-11-14/h5-6,8,10,12-14,26H,1-4,7,9,11H2,(H,23,25)/t12?,13?,14-/m1/s1. The molecule has 2 bridgehead atoms. The zero-order chi connectivity index (χ0) is 18.7. The van der Waals surface area contributed by atoms with Crippen LogP contribution in [-0.4, -0.2) is 34.6 Å². The molecule has 2 fully saturated rings. The molecule has 1 atom stereocenters. The molecular formula is C22H23N3O3. The van der Waals surface area contributed by atoms with Crippen molar-refractivity contribution in [2.45, 2.75) is 50.0 Å². The fourth-order valence-electron chi connectivity index (χ4n) is 5.33.